The fourth-order valence-electron chi connectivity index (χ4n) is 0.699. The van der Waals surface area contributed by atoms with Crippen LogP contribution in [0.3, 0.4) is 0 Å². The zero-order valence-electron chi connectivity index (χ0n) is 10.8. The lowest BCUT2D eigenvalue weighted by atomic mass is 10.3. The predicted octanol–water partition coefficient (Wildman–Crippen LogP) is 1.18. The molecule has 2 N–H and O–H groups in total. The Kier molecular flexibility index (Phi) is 7.58. The van der Waals surface area contributed by atoms with Gasteiger partial charge in [-0.3, -0.25) is 9.59 Å². The highest BCUT2D eigenvalue weighted by molar-refractivity contribution is 5.97. The number of hydrogen-bond donors (Lipinski definition) is 2. The fourth-order valence-corrected chi connectivity index (χ4v) is 0.699. The molecular formula is C11H20N4O2. The van der Waals surface area contributed by atoms with Crippen LogP contribution in [0.15, 0.2) is 10.2 Å². The minimum absolute atomic E-state index is 0.277. The lowest BCUT2D eigenvalue weighted by Gasteiger charge is -2.01. The zero-order chi connectivity index (χ0) is 13.3. The van der Waals surface area contributed by atoms with E-state index in [-0.39, 0.29) is 6.42 Å². The standard InChI is InChI=1S/C11H20N4O2/c1-5-8(3)12-14-10(16)7-11(17)15-13-9(4)6-2/h5-7H2,1-4H3,(H,14,16)(H,15,17)/b12-8+,13-9+. The molecule has 0 rings (SSSR count). The van der Waals surface area contributed by atoms with Crippen molar-refractivity contribution in [3.05, 3.63) is 0 Å². The maximum atomic E-state index is 11.3. The highest BCUT2D eigenvalue weighted by atomic mass is 16.2. The minimum atomic E-state index is -0.445. The summed E-state index contributed by atoms with van der Waals surface area (Å²) in [6.45, 7) is 7.46. The quantitative estimate of drug-likeness (QED) is 0.415. The lowest BCUT2D eigenvalue weighted by Crippen LogP contribution is -2.28. The van der Waals surface area contributed by atoms with Crippen LogP contribution >= 0.6 is 0 Å². The molecule has 0 aliphatic rings. The molecule has 0 spiro atoms. The second-order valence-electron chi connectivity index (χ2n) is 3.65. The topological polar surface area (TPSA) is 82.9 Å². The molecule has 96 valence electrons. The number of nitrogens with zero attached hydrogens (tertiary/aromatic N) is 2. The molecule has 6 heteroatoms. The Hall–Kier alpha value is -1.72. The molecule has 0 bridgehead atoms. The van der Waals surface area contributed by atoms with Crippen LogP contribution in [0.25, 0.3) is 0 Å². The highest BCUT2D eigenvalue weighted by Crippen LogP contribution is 1.86. The fraction of sp³-hybridized carbons (Fsp3) is 0.636. The van der Waals surface area contributed by atoms with Crippen molar-refractivity contribution in [2.75, 3.05) is 0 Å². The van der Waals surface area contributed by atoms with E-state index in [0.717, 1.165) is 24.3 Å². The van der Waals surface area contributed by atoms with Crippen LogP contribution < -0.4 is 10.9 Å². The smallest absolute Gasteiger partial charge is 0.249 e. The van der Waals surface area contributed by atoms with Gasteiger partial charge in [-0.2, -0.15) is 10.2 Å². The molecule has 0 atom stereocenters. The molecule has 0 saturated carbocycles. The van der Waals surface area contributed by atoms with E-state index in [4.69, 9.17) is 0 Å². The van der Waals surface area contributed by atoms with Crippen molar-refractivity contribution in [1.29, 1.82) is 0 Å². The average Bonchev–Trinajstić information content (AvgIpc) is 2.32. The van der Waals surface area contributed by atoms with Crippen LogP contribution in [-0.2, 0) is 9.59 Å². The summed E-state index contributed by atoms with van der Waals surface area (Å²) in [5.41, 5.74) is 6.22. The largest absolute Gasteiger partial charge is 0.273 e. The van der Waals surface area contributed by atoms with Gasteiger partial charge in [0.15, 0.2) is 0 Å². The third-order valence-electron chi connectivity index (χ3n) is 2.09. The lowest BCUT2D eigenvalue weighted by molar-refractivity contribution is -0.129. The second kappa shape index (κ2) is 8.43. The average molecular weight is 240 g/mol. The van der Waals surface area contributed by atoms with Crippen LogP contribution in [0, 0.1) is 0 Å². The van der Waals surface area contributed by atoms with E-state index in [1.807, 2.05) is 13.8 Å². The Morgan fingerprint density at radius 3 is 1.53 bits per heavy atom. The Bertz CT molecular complexity index is 302. The van der Waals surface area contributed by atoms with E-state index in [2.05, 4.69) is 21.1 Å². The zero-order valence-corrected chi connectivity index (χ0v) is 10.8. The first-order valence-corrected chi connectivity index (χ1v) is 5.63. The van der Waals surface area contributed by atoms with E-state index < -0.39 is 11.8 Å². The molecule has 0 saturated heterocycles. The van der Waals surface area contributed by atoms with Gasteiger partial charge in [0.2, 0.25) is 11.8 Å². The summed E-state index contributed by atoms with van der Waals surface area (Å²) in [6.07, 6.45) is 1.24. The van der Waals surface area contributed by atoms with Crippen LogP contribution in [0.4, 0.5) is 0 Å². The molecule has 0 aromatic carbocycles. The summed E-state index contributed by atoms with van der Waals surface area (Å²) in [6, 6.07) is 0. The molecule has 6 nitrogen and oxygen atoms in total. The van der Waals surface area contributed by atoms with Gasteiger partial charge >= 0.3 is 0 Å². The first-order valence-electron chi connectivity index (χ1n) is 5.63. The third-order valence-corrected chi connectivity index (χ3v) is 2.09. The number of nitrogens with one attached hydrogen (secondary N) is 2. The molecule has 0 aliphatic heterocycles. The Morgan fingerprint density at radius 1 is 0.882 bits per heavy atom. The number of carbonyl (C=O) groups excluding carboxylic acids is 2. The van der Waals surface area contributed by atoms with E-state index in [1.165, 1.54) is 0 Å². The SMILES string of the molecule is CC/C(C)=N/NC(=O)CC(=O)N/N=C(\C)CC. The molecule has 0 aromatic heterocycles. The molecule has 2 amide bonds. The second-order valence-corrected chi connectivity index (χ2v) is 3.65. The van der Waals surface area contributed by atoms with Gasteiger partial charge in [-0.25, -0.2) is 10.9 Å². The van der Waals surface area contributed by atoms with Gasteiger partial charge in [-0.15, -0.1) is 0 Å². The first kappa shape index (κ1) is 15.3. The van der Waals surface area contributed by atoms with Gasteiger partial charge in [0.1, 0.15) is 6.42 Å². The van der Waals surface area contributed by atoms with E-state index in [1.54, 1.807) is 13.8 Å². The number of hydrogen-bond acceptors (Lipinski definition) is 4. The van der Waals surface area contributed by atoms with Gasteiger partial charge in [0, 0.05) is 11.4 Å². The summed E-state index contributed by atoms with van der Waals surface area (Å²) in [5, 5.41) is 7.62. The summed E-state index contributed by atoms with van der Waals surface area (Å²) in [7, 11) is 0. The van der Waals surface area contributed by atoms with Crippen molar-refractivity contribution in [1.82, 2.24) is 10.9 Å². The Balaban J connectivity index is 4.01. The van der Waals surface area contributed by atoms with Crippen LogP contribution in [0.5, 0.6) is 0 Å². The molecule has 0 aliphatic carbocycles. The monoisotopic (exact) mass is 240 g/mol. The van der Waals surface area contributed by atoms with Crippen molar-refractivity contribution in [3.63, 3.8) is 0 Å². The van der Waals surface area contributed by atoms with E-state index in [9.17, 15) is 9.59 Å². The molecule has 0 aromatic rings. The Labute approximate surface area is 102 Å². The number of carbonyl (C=O) groups is 2. The number of amides is 2. The van der Waals surface area contributed by atoms with Crippen LogP contribution in [-0.4, -0.2) is 23.2 Å². The molecule has 0 unspecified atom stereocenters. The molecular weight excluding hydrogens is 220 g/mol. The van der Waals surface area contributed by atoms with Crippen LogP contribution in [0.2, 0.25) is 0 Å². The summed E-state index contributed by atoms with van der Waals surface area (Å²) >= 11 is 0. The van der Waals surface area contributed by atoms with Crippen molar-refractivity contribution in [2.24, 2.45) is 10.2 Å². The van der Waals surface area contributed by atoms with Crippen molar-refractivity contribution >= 4 is 23.2 Å². The van der Waals surface area contributed by atoms with E-state index in [0.29, 0.717) is 0 Å². The molecule has 0 heterocycles. The number of hydrazone groups is 2. The van der Waals surface area contributed by atoms with Gasteiger partial charge in [-0.05, 0) is 26.7 Å². The van der Waals surface area contributed by atoms with Crippen molar-refractivity contribution < 1.29 is 9.59 Å². The first-order chi connectivity index (χ1) is 7.99. The molecule has 0 radical (unpaired) electrons. The van der Waals surface area contributed by atoms with Gasteiger partial charge in [0.05, 0.1) is 0 Å². The Morgan fingerprint density at radius 2 is 1.24 bits per heavy atom. The summed E-state index contributed by atoms with van der Waals surface area (Å²) in [4.78, 5) is 22.5. The molecule has 0 fully saturated rings. The third kappa shape index (κ3) is 8.12. The summed E-state index contributed by atoms with van der Waals surface area (Å²) in [5.74, 6) is -0.890. The van der Waals surface area contributed by atoms with Gasteiger partial charge < -0.3 is 0 Å². The maximum Gasteiger partial charge on any atom is 0.249 e. The van der Waals surface area contributed by atoms with Gasteiger partial charge in [-0.1, -0.05) is 13.8 Å². The molecule has 17 heavy (non-hydrogen) atoms. The normalized spacial score (nSPS) is 12.2. The maximum absolute atomic E-state index is 11.3. The predicted molar refractivity (Wildman–Crippen MR) is 67.7 cm³/mol. The van der Waals surface area contributed by atoms with Crippen molar-refractivity contribution in [2.45, 2.75) is 47.0 Å². The van der Waals surface area contributed by atoms with Crippen LogP contribution in [0.1, 0.15) is 47.0 Å². The summed E-state index contributed by atoms with van der Waals surface area (Å²) < 4.78 is 0. The number of rotatable bonds is 6. The van der Waals surface area contributed by atoms with Gasteiger partial charge in [0.25, 0.3) is 0 Å². The van der Waals surface area contributed by atoms with Crippen molar-refractivity contribution in [3.8, 4) is 0 Å². The highest BCUT2D eigenvalue weighted by Gasteiger charge is 2.07. The van der Waals surface area contributed by atoms with E-state index >= 15 is 0 Å². The minimum Gasteiger partial charge on any atom is -0.273 e.